The van der Waals surface area contributed by atoms with E-state index < -0.39 is 5.91 Å². The lowest BCUT2D eigenvalue weighted by Crippen LogP contribution is -2.22. The molecule has 29 heavy (non-hydrogen) atoms. The second kappa shape index (κ2) is 10.4. The average Bonchev–Trinajstić information content (AvgIpc) is 2.70. The van der Waals surface area contributed by atoms with E-state index in [1.165, 1.54) is 18.1 Å². The van der Waals surface area contributed by atoms with Gasteiger partial charge < -0.3 is 14.4 Å². The third kappa shape index (κ3) is 5.67. The second-order valence-corrected chi connectivity index (χ2v) is 8.43. The summed E-state index contributed by atoms with van der Waals surface area (Å²) in [6.07, 6.45) is 1.49. The van der Waals surface area contributed by atoms with Crippen LogP contribution in [0.2, 0.25) is 10.0 Å². The first-order chi connectivity index (χ1) is 13.7. The Morgan fingerprint density at radius 2 is 1.90 bits per heavy atom. The van der Waals surface area contributed by atoms with E-state index in [0.717, 1.165) is 5.56 Å². The number of hydrogen-bond acceptors (Lipinski definition) is 4. The minimum Gasteiger partial charge on any atom is -0.493 e. The Morgan fingerprint density at radius 3 is 2.45 bits per heavy atom. The number of hydrogen-bond donors (Lipinski definition) is 0. The summed E-state index contributed by atoms with van der Waals surface area (Å²) < 4.78 is 12.6. The first-order valence-electron chi connectivity index (χ1n) is 8.15. The Morgan fingerprint density at radius 1 is 1.21 bits per heavy atom. The fraction of sp³-hybridized carbons (Fsp3) is 0.200. The second-order valence-electron chi connectivity index (χ2n) is 6.03. The maximum atomic E-state index is 12.1. The molecule has 2 rings (SSSR count). The largest absolute Gasteiger partial charge is 0.493 e. The number of benzene rings is 2. The van der Waals surface area contributed by atoms with Gasteiger partial charge in [0.15, 0.2) is 11.5 Å². The van der Waals surface area contributed by atoms with Gasteiger partial charge in [0.2, 0.25) is 0 Å². The summed E-state index contributed by atoms with van der Waals surface area (Å²) in [4.78, 5) is 13.5. The predicted molar refractivity (Wildman–Crippen MR) is 121 cm³/mol. The van der Waals surface area contributed by atoms with Crippen molar-refractivity contribution >= 4 is 67.0 Å². The molecule has 0 saturated carbocycles. The van der Waals surface area contributed by atoms with Crippen LogP contribution in [0.3, 0.4) is 0 Å². The summed E-state index contributed by atoms with van der Waals surface area (Å²) in [5, 5.41) is 10.2. The Hall–Kier alpha value is -1.72. The quantitative estimate of drug-likeness (QED) is 0.315. The van der Waals surface area contributed by atoms with Gasteiger partial charge in [-0.1, -0.05) is 29.3 Å². The van der Waals surface area contributed by atoms with Crippen LogP contribution in [0.25, 0.3) is 6.08 Å². The number of nitriles is 1. The molecular formula is C20H16Br2Cl2N2O3. The smallest absolute Gasteiger partial charge is 0.264 e. The molecule has 2 aromatic rings. The molecule has 9 heteroatoms. The zero-order chi connectivity index (χ0) is 21.7. The summed E-state index contributed by atoms with van der Waals surface area (Å²) in [6.45, 7) is 0.232. The molecule has 0 bridgehead atoms. The molecule has 0 radical (unpaired) electrons. The lowest BCUT2D eigenvalue weighted by Gasteiger charge is -2.16. The molecule has 0 atom stereocenters. The van der Waals surface area contributed by atoms with Gasteiger partial charge in [0.25, 0.3) is 5.91 Å². The molecule has 2 aromatic carbocycles. The lowest BCUT2D eigenvalue weighted by atomic mass is 10.1. The van der Waals surface area contributed by atoms with E-state index in [-0.39, 0.29) is 12.2 Å². The van der Waals surface area contributed by atoms with Crippen molar-refractivity contribution in [1.29, 1.82) is 5.26 Å². The maximum absolute atomic E-state index is 12.1. The van der Waals surface area contributed by atoms with Gasteiger partial charge in [-0.15, -0.1) is 0 Å². The highest BCUT2D eigenvalue weighted by Crippen LogP contribution is 2.43. The van der Waals surface area contributed by atoms with E-state index in [1.54, 1.807) is 32.3 Å². The Labute approximate surface area is 196 Å². The summed E-state index contributed by atoms with van der Waals surface area (Å²) in [7, 11) is 4.67. The van der Waals surface area contributed by atoms with E-state index in [9.17, 15) is 10.1 Å². The number of halogens is 4. The van der Waals surface area contributed by atoms with Crippen LogP contribution >= 0.6 is 55.1 Å². The van der Waals surface area contributed by atoms with E-state index in [1.807, 2.05) is 12.1 Å². The van der Waals surface area contributed by atoms with Gasteiger partial charge in [-0.05, 0) is 67.3 Å². The number of rotatable bonds is 6. The molecule has 0 saturated heterocycles. The van der Waals surface area contributed by atoms with Crippen LogP contribution in [0.4, 0.5) is 0 Å². The minimum atomic E-state index is -0.394. The van der Waals surface area contributed by atoms with Crippen LogP contribution in [0.1, 0.15) is 11.1 Å². The van der Waals surface area contributed by atoms with Gasteiger partial charge in [0.05, 0.1) is 21.6 Å². The average molecular weight is 563 g/mol. The number of carbonyl (C=O) groups excluding carboxylic acids is 1. The number of carbonyl (C=O) groups is 1. The number of methoxy groups -OCH3 is 1. The summed E-state index contributed by atoms with van der Waals surface area (Å²) >= 11 is 19.0. The van der Waals surface area contributed by atoms with Gasteiger partial charge in [-0.25, -0.2) is 0 Å². The normalized spacial score (nSPS) is 11.0. The van der Waals surface area contributed by atoms with Crippen molar-refractivity contribution < 1.29 is 14.3 Å². The lowest BCUT2D eigenvalue weighted by molar-refractivity contribution is -0.124. The molecule has 0 aliphatic carbocycles. The molecule has 0 unspecified atom stereocenters. The number of likely N-dealkylation sites (N-methyl/N-ethyl adjacent to an activating group) is 1. The Kier molecular flexibility index (Phi) is 8.41. The third-order valence-electron chi connectivity index (χ3n) is 3.80. The first-order valence-corrected chi connectivity index (χ1v) is 10.5. The topological polar surface area (TPSA) is 62.6 Å². The van der Waals surface area contributed by atoms with Gasteiger partial charge in [0.1, 0.15) is 18.2 Å². The highest BCUT2D eigenvalue weighted by Gasteiger charge is 2.19. The summed E-state index contributed by atoms with van der Waals surface area (Å²) in [6, 6.07) is 8.84. The highest BCUT2D eigenvalue weighted by atomic mass is 79.9. The fourth-order valence-corrected chi connectivity index (χ4v) is 3.59. The Bertz CT molecular complexity index is 1020. The van der Waals surface area contributed by atoms with Crippen molar-refractivity contribution in [2.45, 2.75) is 6.61 Å². The number of ether oxygens (including phenoxy) is 2. The van der Waals surface area contributed by atoms with Crippen LogP contribution in [0.5, 0.6) is 11.5 Å². The molecule has 0 fully saturated rings. The summed E-state index contributed by atoms with van der Waals surface area (Å²) in [5.74, 6) is 0.496. The molecule has 0 aromatic heterocycles. The van der Waals surface area contributed by atoms with Gasteiger partial charge >= 0.3 is 0 Å². The van der Waals surface area contributed by atoms with Crippen molar-refractivity contribution in [3.05, 3.63) is 60.0 Å². The maximum Gasteiger partial charge on any atom is 0.264 e. The van der Waals surface area contributed by atoms with E-state index in [4.69, 9.17) is 32.7 Å². The van der Waals surface area contributed by atoms with E-state index in [2.05, 4.69) is 31.9 Å². The van der Waals surface area contributed by atoms with Crippen molar-refractivity contribution in [2.75, 3.05) is 21.2 Å². The number of nitrogens with zero attached hydrogens (tertiary/aromatic N) is 2. The number of amides is 1. The zero-order valence-electron chi connectivity index (χ0n) is 15.7. The van der Waals surface area contributed by atoms with Crippen LogP contribution in [-0.2, 0) is 11.4 Å². The molecule has 0 aliphatic rings. The van der Waals surface area contributed by atoms with Crippen LogP contribution in [0.15, 0.2) is 38.8 Å². The van der Waals surface area contributed by atoms with Gasteiger partial charge in [0, 0.05) is 18.6 Å². The molecular weight excluding hydrogens is 547 g/mol. The van der Waals surface area contributed by atoms with Crippen molar-refractivity contribution in [1.82, 2.24) is 4.90 Å². The predicted octanol–water partition coefficient (Wildman–Crippen LogP) is 6.10. The Balaban J connectivity index is 2.41. The van der Waals surface area contributed by atoms with E-state index in [0.29, 0.717) is 36.1 Å². The van der Waals surface area contributed by atoms with Crippen molar-refractivity contribution in [3.8, 4) is 17.6 Å². The molecule has 1 amide bonds. The first kappa shape index (κ1) is 23.6. The van der Waals surface area contributed by atoms with Crippen LogP contribution < -0.4 is 9.47 Å². The van der Waals surface area contributed by atoms with Crippen molar-refractivity contribution in [2.24, 2.45) is 0 Å². The molecule has 5 nitrogen and oxygen atoms in total. The van der Waals surface area contributed by atoms with Gasteiger partial charge in [-0.2, -0.15) is 5.26 Å². The molecule has 0 heterocycles. The van der Waals surface area contributed by atoms with Crippen LogP contribution in [-0.4, -0.2) is 32.0 Å². The van der Waals surface area contributed by atoms with Gasteiger partial charge in [-0.3, -0.25) is 4.79 Å². The zero-order valence-corrected chi connectivity index (χ0v) is 20.4. The monoisotopic (exact) mass is 560 g/mol. The molecule has 152 valence electrons. The minimum absolute atomic E-state index is 0.00544. The SMILES string of the molecule is COc1cc(/C=C(/C#N)C(=O)N(C)C)c(Br)c(Br)c1OCc1ccc(Cl)c(Cl)c1. The highest BCUT2D eigenvalue weighted by molar-refractivity contribution is 9.13. The molecule has 0 aliphatic heterocycles. The standard InChI is InChI=1S/C20H16Br2Cl2N2O3/c1-26(2)20(27)13(9-25)7-12-8-16(28-3)19(18(22)17(12)21)29-10-11-4-5-14(23)15(24)6-11/h4-8H,10H2,1-3H3/b13-7-. The van der Waals surface area contributed by atoms with Crippen molar-refractivity contribution in [3.63, 3.8) is 0 Å². The summed E-state index contributed by atoms with van der Waals surface area (Å²) in [5.41, 5.74) is 1.41. The molecule has 0 N–H and O–H groups in total. The third-order valence-corrected chi connectivity index (χ3v) is 6.68. The molecule has 0 spiro atoms. The fourth-order valence-electron chi connectivity index (χ4n) is 2.32. The van der Waals surface area contributed by atoms with Crippen LogP contribution in [0, 0.1) is 11.3 Å². The van der Waals surface area contributed by atoms with E-state index >= 15 is 0 Å².